The normalized spacial score (nSPS) is 14.5. The van der Waals surface area contributed by atoms with E-state index in [0.29, 0.717) is 16.2 Å². The van der Waals surface area contributed by atoms with Gasteiger partial charge in [-0.05, 0) is 79.1 Å². The predicted octanol–water partition coefficient (Wildman–Crippen LogP) is 5.87. The van der Waals surface area contributed by atoms with Crippen molar-refractivity contribution in [3.63, 3.8) is 0 Å². The first kappa shape index (κ1) is 24.3. The highest BCUT2D eigenvalue weighted by Crippen LogP contribution is 2.34. The molecule has 35 heavy (non-hydrogen) atoms. The van der Waals surface area contributed by atoms with Gasteiger partial charge in [-0.25, -0.2) is 0 Å². The van der Waals surface area contributed by atoms with Gasteiger partial charge in [0.25, 0.3) is 17.1 Å². The average Bonchev–Trinajstić information content (AvgIpc) is 3.08. The van der Waals surface area contributed by atoms with Crippen LogP contribution in [0.15, 0.2) is 71.6 Å². The van der Waals surface area contributed by atoms with Gasteiger partial charge in [-0.3, -0.25) is 19.3 Å². The highest BCUT2D eigenvalue weighted by atomic mass is 32.2. The molecule has 0 saturated carbocycles. The van der Waals surface area contributed by atoms with Crippen LogP contribution in [0.5, 0.6) is 5.75 Å². The summed E-state index contributed by atoms with van der Waals surface area (Å²) in [6.45, 7) is 5.99. The zero-order valence-corrected chi connectivity index (χ0v) is 20.6. The van der Waals surface area contributed by atoms with Crippen LogP contribution in [-0.4, -0.2) is 28.6 Å². The van der Waals surface area contributed by atoms with Gasteiger partial charge in [0.1, 0.15) is 5.75 Å². The monoisotopic (exact) mass is 486 g/mol. The van der Waals surface area contributed by atoms with E-state index in [1.165, 1.54) is 4.90 Å². The topological polar surface area (TPSA) is 75.7 Å². The summed E-state index contributed by atoms with van der Waals surface area (Å²) in [6, 6.07) is 20.6. The molecule has 0 aromatic heterocycles. The van der Waals surface area contributed by atoms with Gasteiger partial charge in [0.2, 0.25) is 0 Å². The lowest BCUT2D eigenvalue weighted by molar-refractivity contribution is -0.123. The summed E-state index contributed by atoms with van der Waals surface area (Å²) in [5.41, 5.74) is 5.53. The van der Waals surface area contributed by atoms with Crippen LogP contribution < -0.4 is 10.1 Å². The Bertz CT molecular complexity index is 1330. The molecule has 178 valence electrons. The molecule has 4 rings (SSSR count). The molecular formula is C28H26N2O4S. The summed E-state index contributed by atoms with van der Waals surface area (Å²) >= 11 is 0.923. The first-order valence-corrected chi connectivity index (χ1v) is 12.0. The summed E-state index contributed by atoms with van der Waals surface area (Å²) in [5, 5.41) is 2.56. The fraction of sp³-hybridized carbons (Fsp3) is 0.179. The van der Waals surface area contributed by atoms with Gasteiger partial charge >= 0.3 is 0 Å². The number of rotatable bonds is 7. The largest absolute Gasteiger partial charge is 0.484 e. The summed E-state index contributed by atoms with van der Waals surface area (Å²) in [5.74, 6) is -0.0873. The second-order valence-corrected chi connectivity index (χ2v) is 9.42. The number of amides is 3. The lowest BCUT2D eigenvalue weighted by Gasteiger charge is -2.14. The number of aryl methyl sites for hydroxylation is 3. The Labute approximate surface area is 209 Å². The molecular weight excluding hydrogens is 460 g/mol. The number of nitrogens with zero attached hydrogens (tertiary/aromatic N) is 1. The van der Waals surface area contributed by atoms with Crippen molar-refractivity contribution in [2.24, 2.45) is 0 Å². The zero-order chi connectivity index (χ0) is 24.9. The van der Waals surface area contributed by atoms with Crippen LogP contribution in [-0.2, 0) is 16.1 Å². The van der Waals surface area contributed by atoms with E-state index in [1.54, 1.807) is 24.3 Å². The van der Waals surface area contributed by atoms with Crippen LogP contribution >= 0.6 is 11.8 Å². The quantitative estimate of drug-likeness (QED) is 0.423. The van der Waals surface area contributed by atoms with Crippen LogP contribution in [0.3, 0.4) is 0 Å². The van der Waals surface area contributed by atoms with Crippen molar-refractivity contribution in [2.75, 3.05) is 11.9 Å². The number of hydrogen-bond acceptors (Lipinski definition) is 5. The van der Waals surface area contributed by atoms with Crippen molar-refractivity contribution in [2.45, 2.75) is 27.3 Å². The smallest absolute Gasteiger partial charge is 0.293 e. The Kier molecular flexibility index (Phi) is 7.36. The van der Waals surface area contributed by atoms with Crippen molar-refractivity contribution in [3.05, 3.63) is 99.5 Å². The van der Waals surface area contributed by atoms with Crippen molar-refractivity contribution >= 4 is 40.6 Å². The minimum atomic E-state index is -0.317. The molecule has 1 heterocycles. The van der Waals surface area contributed by atoms with Crippen molar-refractivity contribution in [1.29, 1.82) is 0 Å². The van der Waals surface area contributed by atoms with Crippen LogP contribution in [0, 0.1) is 20.8 Å². The Morgan fingerprint density at radius 1 is 0.971 bits per heavy atom. The molecule has 0 atom stereocenters. The maximum absolute atomic E-state index is 12.9. The Morgan fingerprint density at radius 3 is 2.54 bits per heavy atom. The predicted molar refractivity (Wildman–Crippen MR) is 139 cm³/mol. The van der Waals surface area contributed by atoms with E-state index in [4.69, 9.17) is 4.74 Å². The molecule has 3 amide bonds. The number of carbonyl (C=O) groups excluding carboxylic acids is 3. The van der Waals surface area contributed by atoms with E-state index in [9.17, 15) is 14.4 Å². The lowest BCUT2D eigenvalue weighted by atomic mass is 10.1. The van der Waals surface area contributed by atoms with Gasteiger partial charge in [-0.2, -0.15) is 0 Å². The molecule has 1 N–H and O–H groups in total. The second-order valence-electron chi connectivity index (χ2n) is 8.42. The van der Waals surface area contributed by atoms with Gasteiger partial charge in [-0.1, -0.05) is 54.1 Å². The van der Waals surface area contributed by atoms with E-state index in [-0.39, 0.29) is 30.2 Å². The first-order valence-electron chi connectivity index (χ1n) is 11.2. The molecule has 3 aromatic rings. The third-order valence-electron chi connectivity index (χ3n) is 5.65. The molecule has 1 aliphatic heterocycles. The molecule has 0 bridgehead atoms. The molecule has 1 aliphatic rings. The molecule has 1 saturated heterocycles. The number of hydrogen-bond donors (Lipinski definition) is 1. The third-order valence-corrected chi connectivity index (χ3v) is 6.55. The van der Waals surface area contributed by atoms with E-state index >= 15 is 0 Å². The van der Waals surface area contributed by atoms with E-state index in [2.05, 4.69) is 5.32 Å². The standard InChI is InChI=1S/C28H26N2O4S/c1-18-11-12-24(20(3)13-18)29-26(31)17-34-23-10-6-8-21(14-23)15-25-27(32)30(28(33)35-25)16-22-9-5-4-7-19(22)2/h4-15H,16-17H2,1-3H3,(H,29,31)/b25-15-. The summed E-state index contributed by atoms with van der Waals surface area (Å²) in [4.78, 5) is 39.3. The van der Waals surface area contributed by atoms with E-state index in [1.807, 2.05) is 69.3 Å². The maximum Gasteiger partial charge on any atom is 0.293 e. The number of nitrogens with one attached hydrogen (secondary N) is 1. The summed E-state index contributed by atoms with van der Waals surface area (Å²) < 4.78 is 5.66. The zero-order valence-electron chi connectivity index (χ0n) is 19.8. The molecule has 0 aliphatic carbocycles. The van der Waals surface area contributed by atoms with Gasteiger partial charge in [0.15, 0.2) is 6.61 Å². The molecule has 0 unspecified atom stereocenters. The van der Waals surface area contributed by atoms with Crippen molar-refractivity contribution in [3.8, 4) is 5.75 Å². The van der Waals surface area contributed by atoms with Crippen LogP contribution in [0.4, 0.5) is 10.5 Å². The SMILES string of the molecule is Cc1ccc(NC(=O)COc2cccc(/C=C3\SC(=O)N(Cc4ccccc4C)C3=O)c2)c(C)c1. The van der Waals surface area contributed by atoms with Crippen LogP contribution in [0.2, 0.25) is 0 Å². The van der Waals surface area contributed by atoms with E-state index in [0.717, 1.165) is 39.7 Å². The Balaban J connectivity index is 1.40. The average molecular weight is 487 g/mol. The molecule has 0 spiro atoms. The van der Waals surface area contributed by atoms with Gasteiger partial charge in [-0.15, -0.1) is 0 Å². The maximum atomic E-state index is 12.9. The lowest BCUT2D eigenvalue weighted by Crippen LogP contribution is -2.27. The Morgan fingerprint density at radius 2 is 1.77 bits per heavy atom. The number of anilines is 1. The third kappa shape index (κ3) is 6.00. The summed E-state index contributed by atoms with van der Waals surface area (Å²) in [6.07, 6.45) is 1.67. The second kappa shape index (κ2) is 10.6. The van der Waals surface area contributed by atoms with Crippen molar-refractivity contribution in [1.82, 2.24) is 4.90 Å². The number of imide groups is 1. The van der Waals surface area contributed by atoms with Crippen LogP contribution in [0.1, 0.15) is 27.8 Å². The number of ether oxygens (including phenoxy) is 1. The fourth-order valence-electron chi connectivity index (χ4n) is 3.73. The van der Waals surface area contributed by atoms with Gasteiger partial charge < -0.3 is 10.1 Å². The van der Waals surface area contributed by atoms with Gasteiger partial charge in [0, 0.05) is 5.69 Å². The van der Waals surface area contributed by atoms with Crippen molar-refractivity contribution < 1.29 is 19.1 Å². The summed E-state index contributed by atoms with van der Waals surface area (Å²) in [7, 11) is 0. The fourth-order valence-corrected chi connectivity index (χ4v) is 4.57. The minimum Gasteiger partial charge on any atom is -0.484 e. The highest BCUT2D eigenvalue weighted by molar-refractivity contribution is 8.18. The number of carbonyl (C=O) groups is 3. The molecule has 6 nitrogen and oxygen atoms in total. The van der Waals surface area contributed by atoms with E-state index < -0.39 is 0 Å². The highest BCUT2D eigenvalue weighted by Gasteiger charge is 2.35. The van der Waals surface area contributed by atoms with Crippen LogP contribution in [0.25, 0.3) is 6.08 Å². The molecule has 7 heteroatoms. The number of thioether (sulfide) groups is 1. The Hall–Kier alpha value is -3.84. The number of benzene rings is 3. The minimum absolute atomic E-state index is 0.149. The molecule has 3 aromatic carbocycles. The molecule has 1 fully saturated rings. The van der Waals surface area contributed by atoms with Gasteiger partial charge in [0.05, 0.1) is 11.4 Å². The molecule has 0 radical (unpaired) electrons. The first-order chi connectivity index (χ1) is 16.8.